The molecule has 1 aliphatic heterocycles. The summed E-state index contributed by atoms with van der Waals surface area (Å²) in [6.45, 7) is 3.75. The number of carbonyl (C=O) groups is 1. The first-order chi connectivity index (χ1) is 7.08. The van der Waals surface area contributed by atoms with Crippen LogP contribution in [0.15, 0.2) is 18.2 Å². The van der Waals surface area contributed by atoms with Crippen molar-refractivity contribution in [3.63, 3.8) is 0 Å². The molecule has 1 aromatic carbocycles. The number of hydrogen-bond donors (Lipinski definition) is 2. The van der Waals surface area contributed by atoms with Crippen molar-refractivity contribution in [3.05, 3.63) is 24.0 Å². The van der Waals surface area contributed by atoms with Gasteiger partial charge in [0.25, 0.3) is 0 Å². The Bertz CT molecular complexity index is 406. The van der Waals surface area contributed by atoms with Crippen LogP contribution in [0.2, 0.25) is 0 Å². The van der Waals surface area contributed by atoms with Gasteiger partial charge in [-0.3, -0.25) is 4.79 Å². The minimum atomic E-state index is -0.308. The number of halogens is 1. The van der Waals surface area contributed by atoms with Gasteiger partial charge in [-0.25, -0.2) is 4.39 Å². The van der Waals surface area contributed by atoms with Gasteiger partial charge in [-0.05, 0) is 25.1 Å². The second-order valence-electron chi connectivity index (χ2n) is 3.90. The third kappa shape index (κ3) is 1.79. The van der Waals surface area contributed by atoms with E-state index in [1.807, 2.05) is 13.8 Å². The van der Waals surface area contributed by atoms with Gasteiger partial charge in [-0.1, -0.05) is 6.92 Å². The van der Waals surface area contributed by atoms with Gasteiger partial charge in [-0.15, -0.1) is 0 Å². The topological polar surface area (TPSA) is 41.1 Å². The Labute approximate surface area is 87.7 Å². The molecule has 1 amide bonds. The molecule has 0 aromatic heterocycles. The number of hydrogen-bond acceptors (Lipinski definition) is 2. The van der Waals surface area contributed by atoms with Crippen LogP contribution < -0.4 is 10.6 Å². The van der Waals surface area contributed by atoms with Gasteiger partial charge in [0.2, 0.25) is 5.91 Å². The van der Waals surface area contributed by atoms with Gasteiger partial charge in [0.15, 0.2) is 0 Å². The highest BCUT2D eigenvalue weighted by Gasteiger charge is 2.25. The molecule has 1 heterocycles. The largest absolute Gasteiger partial charge is 0.380 e. The van der Waals surface area contributed by atoms with E-state index in [0.717, 1.165) is 0 Å². The first kappa shape index (κ1) is 9.96. The summed E-state index contributed by atoms with van der Waals surface area (Å²) in [6.07, 6.45) is 0. The summed E-state index contributed by atoms with van der Waals surface area (Å²) in [6, 6.07) is 4.29. The normalized spacial score (nSPS) is 24.9. The fourth-order valence-electron chi connectivity index (χ4n) is 1.59. The molecule has 0 fully saturated rings. The molecule has 2 atom stereocenters. The lowest BCUT2D eigenvalue weighted by molar-refractivity contribution is -0.119. The van der Waals surface area contributed by atoms with Crippen LogP contribution in [0.5, 0.6) is 0 Å². The van der Waals surface area contributed by atoms with E-state index in [1.165, 1.54) is 12.1 Å². The molecule has 3 nitrogen and oxygen atoms in total. The summed E-state index contributed by atoms with van der Waals surface area (Å²) in [5.74, 6) is -0.488. The SMILES string of the molecule is CC1Nc2cc(F)ccc2NC(=O)C1C. The van der Waals surface area contributed by atoms with Crippen molar-refractivity contribution in [2.75, 3.05) is 10.6 Å². The molecule has 2 unspecified atom stereocenters. The summed E-state index contributed by atoms with van der Waals surface area (Å²) >= 11 is 0. The quantitative estimate of drug-likeness (QED) is 0.686. The zero-order valence-corrected chi connectivity index (χ0v) is 8.67. The molecule has 15 heavy (non-hydrogen) atoms. The standard InChI is InChI=1S/C11H13FN2O/c1-6-7(2)13-10-5-8(12)3-4-9(10)14-11(6)15/h3-7,13H,1-2H3,(H,14,15). The lowest BCUT2D eigenvalue weighted by Gasteiger charge is -2.16. The Kier molecular flexibility index (Phi) is 2.34. The molecule has 0 radical (unpaired) electrons. The van der Waals surface area contributed by atoms with Crippen molar-refractivity contribution in [3.8, 4) is 0 Å². The maximum Gasteiger partial charge on any atom is 0.229 e. The number of benzene rings is 1. The molecule has 0 spiro atoms. The summed E-state index contributed by atoms with van der Waals surface area (Å²) in [4.78, 5) is 11.6. The molecule has 1 aliphatic rings. The van der Waals surface area contributed by atoms with E-state index >= 15 is 0 Å². The molecular weight excluding hydrogens is 195 g/mol. The Balaban J connectivity index is 2.42. The van der Waals surface area contributed by atoms with E-state index in [-0.39, 0.29) is 23.7 Å². The lowest BCUT2D eigenvalue weighted by Crippen LogP contribution is -2.30. The Hall–Kier alpha value is -1.58. The second-order valence-corrected chi connectivity index (χ2v) is 3.90. The molecule has 80 valence electrons. The maximum absolute atomic E-state index is 13.0. The fraction of sp³-hybridized carbons (Fsp3) is 0.364. The molecule has 0 saturated heterocycles. The van der Waals surface area contributed by atoms with Gasteiger partial charge < -0.3 is 10.6 Å². The highest BCUT2D eigenvalue weighted by atomic mass is 19.1. The zero-order valence-electron chi connectivity index (χ0n) is 8.67. The smallest absolute Gasteiger partial charge is 0.229 e. The Morgan fingerprint density at radius 1 is 1.27 bits per heavy atom. The van der Waals surface area contributed by atoms with E-state index in [0.29, 0.717) is 11.4 Å². The highest BCUT2D eigenvalue weighted by Crippen LogP contribution is 2.28. The van der Waals surface area contributed by atoms with Crippen LogP contribution in [0.4, 0.5) is 15.8 Å². The molecule has 0 saturated carbocycles. The van der Waals surface area contributed by atoms with Crippen molar-refractivity contribution in [1.82, 2.24) is 0 Å². The van der Waals surface area contributed by atoms with E-state index < -0.39 is 0 Å². The van der Waals surface area contributed by atoms with Crippen molar-refractivity contribution in [2.24, 2.45) is 5.92 Å². The maximum atomic E-state index is 13.0. The summed E-state index contributed by atoms with van der Waals surface area (Å²) < 4.78 is 13.0. The summed E-state index contributed by atoms with van der Waals surface area (Å²) in [5.41, 5.74) is 1.28. The average Bonchev–Trinajstić information content (AvgIpc) is 2.29. The number of carbonyl (C=O) groups excluding carboxylic acids is 1. The van der Waals surface area contributed by atoms with Gasteiger partial charge >= 0.3 is 0 Å². The number of nitrogens with one attached hydrogen (secondary N) is 2. The van der Waals surface area contributed by atoms with Crippen molar-refractivity contribution < 1.29 is 9.18 Å². The predicted molar refractivity (Wildman–Crippen MR) is 57.3 cm³/mol. The lowest BCUT2D eigenvalue weighted by atomic mass is 10.0. The number of rotatable bonds is 0. The van der Waals surface area contributed by atoms with Gasteiger partial charge in [0.05, 0.1) is 17.3 Å². The van der Waals surface area contributed by atoms with Gasteiger partial charge in [0.1, 0.15) is 5.82 Å². The van der Waals surface area contributed by atoms with Crippen LogP contribution in [0, 0.1) is 11.7 Å². The Morgan fingerprint density at radius 2 is 2.00 bits per heavy atom. The van der Waals surface area contributed by atoms with E-state index in [4.69, 9.17) is 0 Å². The van der Waals surface area contributed by atoms with Crippen LogP contribution >= 0.6 is 0 Å². The monoisotopic (exact) mass is 208 g/mol. The van der Waals surface area contributed by atoms with E-state index in [1.54, 1.807) is 6.07 Å². The molecule has 0 bridgehead atoms. The summed E-state index contributed by atoms with van der Waals surface area (Å²) in [5, 5.41) is 5.88. The van der Waals surface area contributed by atoms with Gasteiger partial charge in [0, 0.05) is 6.04 Å². The Morgan fingerprint density at radius 3 is 2.73 bits per heavy atom. The third-order valence-corrected chi connectivity index (χ3v) is 2.79. The van der Waals surface area contributed by atoms with Crippen LogP contribution in [-0.2, 0) is 4.79 Å². The fourth-order valence-corrected chi connectivity index (χ4v) is 1.59. The number of anilines is 2. The van der Waals surface area contributed by atoms with Crippen LogP contribution in [0.3, 0.4) is 0 Å². The van der Waals surface area contributed by atoms with Gasteiger partial charge in [-0.2, -0.15) is 0 Å². The van der Waals surface area contributed by atoms with Crippen molar-refractivity contribution in [1.29, 1.82) is 0 Å². The molecule has 0 aliphatic carbocycles. The zero-order chi connectivity index (χ0) is 11.0. The first-order valence-electron chi connectivity index (χ1n) is 4.95. The van der Waals surface area contributed by atoms with E-state index in [9.17, 15) is 9.18 Å². The molecule has 4 heteroatoms. The second kappa shape index (κ2) is 3.53. The number of amides is 1. The first-order valence-corrected chi connectivity index (χ1v) is 4.95. The average molecular weight is 208 g/mol. The molecular formula is C11H13FN2O. The third-order valence-electron chi connectivity index (χ3n) is 2.79. The van der Waals surface area contributed by atoms with Crippen molar-refractivity contribution >= 4 is 17.3 Å². The van der Waals surface area contributed by atoms with Crippen LogP contribution in [0.1, 0.15) is 13.8 Å². The predicted octanol–water partition coefficient (Wildman–Crippen LogP) is 2.21. The van der Waals surface area contributed by atoms with Crippen LogP contribution in [0.25, 0.3) is 0 Å². The summed E-state index contributed by atoms with van der Waals surface area (Å²) in [7, 11) is 0. The molecule has 2 rings (SSSR count). The molecule has 1 aromatic rings. The minimum absolute atomic E-state index is 0.00644. The molecule has 2 N–H and O–H groups in total. The van der Waals surface area contributed by atoms with Crippen molar-refractivity contribution in [2.45, 2.75) is 19.9 Å². The minimum Gasteiger partial charge on any atom is -0.380 e. The number of fused-ring (bicyclic) bond motifs is 1. The van der Waals surface area contributed by atoms with E-state index in [2.05, 4.69) is 10.6 Å². The highest BCUT2D eigenvalue weighted by molar-refractivity contribution is 5.97. The van der Waals surface area contributed by atoms with Crippen LogP contribution in [-0.4, -0.2) is 11.9 Å².